The zero-order chi connectivity index (χ0) is 12.7. The van der Waals surface area contributed by atoms with E-state index in [4.69, 9.17) is 5.73 Å². The van der Waals surface area contributed by atoms with Crippen LogP contribution in [0.1, 0.15) is 35.2 Å². The number of aromatic nitrogens is 1. The van der Waals surface area contributed by atoms with Crippen LogP contribution in [-0.2, 0) is 7.05 Å². The lowest BCUT2D eigenvalue weighted by Crippen LogP contribution is -2.10. The Labute approximate surface area is 103 Å². The highest BCUT2D eigenvalue weighted by Crippen LogP contribution is 2.33. The summed E-state index contributed by atoms with van der Waals surface area (Å²) in [5.41, 5.74) is 12.6. The summed E-state index contributed by atoms with van der Waals surface area (Å²) in [6, 6.07) is 4.54. The monoisotopic (exact) mass is 230 g/mol. The highest BCUT2D eigenvalue weighted by molar-refractivity contribution is 5.89. The zero-order valence-electron chi connectivity index (χ0n) is 11.5. The van der Waals surface area contributed by atoms with Crippen LogP contribution < -0.4 is 5.73 Å². The average molecular weight is 230 g/mol. The van der Waals surface area contributed by atoms with E-state index < -0.39 is 0 Å². The molecule has 0 fully saturated rings. The van der Waals surface area contributed by atoms with Crippen molar-refractivity contribution in [2.24, 2.45) is 12.8 Å². The van der Waals surface area contributed by atoms with Crippen molar-refractivity contribution in [1.29, 1.82) is 0 Å². The van der Waals surface area contributed by atoms with Gasteiger partial charge in [0.25, 0.3) is 0 Å². The number of nitrogens with zero attached hydrogens (tertiary/aromatic N) is 1. The molecule has 2 N–H and O–H groups in total. The molecule has 0 amide bonds. The predicted octanol–water partition coefficient (Wildman–Crippen LogP) is 3.17. The van der Waals surface area contributed by atoms with Crippen molar-refractivity contribution in [2.45, 2.75) is 33.6 Å². The molecule has 0 aliphatic heterocycles. The minimum atomic E-state index is 0.417. The molecule has 2 heteroatoms. The molecule has 1 aromatic heterocycles. The molecule has 0 aliphatic carbocycles. The van der Waals surface area contributed by atoms with Crippen molar-refractivity contribution in [3.8, 4) is 0 Å². The molecule has 2 rings (SSSR count). The summed E-state index contributed by atoms with van der Waals surface area (Å²) in [6.45, 7) is 9.44. The first-order chi connectivity index (χ1) is 7.97. The Morgan fingerprint density at radius 3 is 2.47 bits per heavy atom. The van der Waals surface area contributed by atoms with Gasteiger partial charge in [-0.15, -0.1) is 0 Å². The van der Waals surface area contributed by atoms with Gasteiger partial charge in [-0.3, -0.25) is 0 Å². The summed E-state index contributed by atoms with van der Waals surface area (Å²) in [5.74, 6) is 0.417. The van der Waals surface area contributed by atoms with Gasteiger partial charge < -0.3 is 10.3 Å². The Kier molecular flexibility index (Phi) is 3.00. The summed E-state index contributed by atoms with van der Waals surface area (Å²) >= 11 is 0. The first-order valence-electron chi connectivity index (χ1n) is 6.23. The molecule has 2 nitrogen and oxygen atoms in total. The van der Waals surface area contributed by atoms with E-state index in [1.165, 1.54) is 33.3 Å². The van der Waals surface area contributed by atoms with Gasteiger partial charge in [0.1, 0.15) is 0 Å². The molecule has 0 radical (unpaired) electrons. The summed E-state index contributed by atoms with van der Waals surface area (Å²) in [5, 5.41) is 1.38. The maximum absolute atomic E-state index is 5.84. The third kappa shape index (κ3) is 1.77. The van der Waals surface area contributed by atoms with Crippen LogP contribution in [0.25, 0.3) is 10.9 Å². The molecule has 0 aliphatic rings. The normalized spacial score (nSPS) is 13.3. The van der Waals surface area contributed by atoms with Crippen molar-refractivity contribution < 1.29 is 0 Å². The lowest BCUT2D eigenvalue weighted by molar-refractivity contribution is 0.761. The van der Waals surface area contributed by atoms with Crippen molar-refractivity contribution in [3.05, 3.63) is 34.5 Å². The van der Waals surface area contributed by atoms with Gasteiger partial charge in [-0.25, -0.2) is 0 Å². The van der Waals surface area contributed by atoms with E-state index >= 15 is 0 Å². The van der Waals surface area contributed by atoms with Gasteiger partial charge in [0.15, 0.2) is 0 Å². The van der Waals surface area contributed by atoms with Gasteiger partial charge >= 0.3 is 0 Å². The van der Waals surface area contributed by atoms with Crippen LogP contribution in [0.15, 0.2) is 12.1 Å². The quantitative estimate of drug-likeness (QED) is 0.844. The summed E-state index contributed by atoms with van der Waals surface area (Å²) in [7, 11) is 2.15. The average Bonchev–Trinajstić information content (AvgIpc) is 2.50. The summed E-state index contributed by atoms with van der Waals surface area (Å²) in [4.78, 5) is 0. The Hall–Kier alpha value is -1.28. The van der Waals surface area contributed by atoms with Crippen molar-refractivity contribution >= 4 is 10.9 Å². The Bertz CT molecular complexity index is 564. The van der Waals surface area contributed by atoms with Crippen LogP contribution in [0.4, 0.5) is 0 Å². The number of nitrogens with two attached hydrogens (primary N) is 1. The second-order valence-electron chi connectivity index (χ2n) is 5.17. The Morgan fingerprint density at radius 2 is 1.88 bits per heavy atom. The fraction of sp³-hybridized carbons (Fsp3) is 0.467. The number of hydrogen-bond acceptors (Lipinski definition) is 1. The molecule has 92 valence electrons. The molecule has 0 saturated heterocycles. The van der Waals surface area contributed by atoms with Crippen LogP contribution in [-0.4, -0.2) is 11.1 Å². The maximum Gasteiger partial charge on any atom is 0.0512 e. The first-order valence-corrected chi connectivity index (χ1v) is 6.23. The van der Waals surface area contributed by atoms with Gasteiger partial charge in [0.2, 0.25) is 0 Å². The molecule has 17 heavy (non-hydrogen) atoms. The third-order valence-corrected chi connectivity index (χ3v) is 3.81. The van der Waals surface area contributed by atoms with E-state index in [1.807, 2.05) is 0 Å². The van der Waals surface area contributed by atoms with Gasteiger partial charge in [-0.2, -0.15) is 0 Å². The van der Waals surface area contributed by atoms with Gasteiger partial charge in [0, 0.05) is 18.1 Å². The van der Waals surface area contributed by atoms with E-state index in [2.05, 4.69) is 51.4 Å². The third-order valence-electron chi connectivity index (χ3n) is 3.81. The van der Waals surface area contributed by atoms with E-state index in [1.54, 1.807) is 0 Å². The second kappa shape index (κ2) is 4.19. The summed E-state index contributed by atoms with van der Waals surface area (Å²) in [6.07, 6.45) is 0. The predicted molar refractivity (Wildman–Crippen MR) is 74.6 cm³/mol. The largest absolute Gasteiger partial charge is 0.347 e. The van der Waals surface area contributed by atoms with E-state index in [0.717, 1.165) is 0 Å². The van der Waals surface area contributed by atoms with E-state index in [9.17, 15) is 0 Å². The fourth-order valence-electron chi connectivity index (χ4n) is 2.89. The molecule has 0 saturated carbocycles. The van der Waals surface area contributed by atoms with Crippen molar-refractivity contribution in [2.75, 3.05) is 6.54 Å². The number of hydrogen-bond donors (Lipinski definition) is 1. The smallest absolute Gasteiger partial charge is 0.0512 e. The van der Waals surface area contributed by atoms with Crippen LogP contribution in [0.5, 0.6) is 0 Å². The standard InChI is InChI=1S/C15H22N2/c1-9-6-10(2)15-13(7-9)14(11(3)8-16)12(4)17(15)5/h6-7,11H,8,16H2,1-5H3. The maximum atomic E-state index is 5.84. The van der Waals surface area contributed by atoms with Gasteiger partial charge in [0.05, 0.1) is 5.52 Å². The van der Waals surface area contributed by atoms with Gasteiger partial charge in [-0.05, 0) is 50.4 Å². The highest BCUT2D eigenvalue weighted by atomic mass is 14.9. The van der Waals surface area contributed by atoms with Gasteiger partial charge in [-0.1, -0.05) is 18.6 Å². The number of fused-ring (bicyclic) bond motifs is 1. The molecule has 1 unspecified atom stereocenters. The van der Waals surface area contributed by atoms with Crippen molar-refractivity contribution in [1.82, 2.24) is 4.57 Å². The minimum absolute atomic E-state index is 0.417. The Balaban J connectivity index is 2.88. The first kappa shape index (κ1) is 12.2. The molecular formula is C15H22N2. The lowest BCUT2D eigenvalue weighted by atomic mass is 9.96. The topological polar surface area (TPSA) is 30.9 Å². The zero-order valence-corrected chi connectivity index (χ0v) is 11.5. The molecule has 1 atom stereocenters. The van der Waals surface area contributed by atoms with Crippen LogP contribution in [0.2, 0.25) is 0 Å². The molecular weight excluding hydrogens is 208 g/mol. The fourth-order valence-corrected chi connectivity index (χ4v) is 2.89. The number of aryl methyl sites for hydroxylation is 3. The minimum Gasteiger partial charge on any atom is -0.347 e. The Morgan fingerprint density at radius 1 is 1.24 bits per heavy atom. The second-order valence-corrected chi connectivity index (χ2v) is 5.17. The lowest BCUT2D eigenvalue weighted by Gasteiger charge is -2.09. The SMILES string of the molecule is Cc1cc(C)c2c(c1)c(C(C)CN)c(C)n2C. The molecule has 1 heterocycles. The molecule has 0 bridgehead atoms. The number of benzene rings is 1. The molecule has 1 aromatic carbocycles. The summed E-state index contributed by atoms with van der Waals surface area (Å²) < 4.78 is 2.30. The number of rotatable bonds is 2. The van der Waals surface area contributed by atoms with Crippen LogP contribution in [0, 0.1) is 20.8 Å². The van der Waals surface area contributed by atoms with Crippen molar-refractivity contribution in [3.63, 3.8) is 0 Å². The van der Waals surface area contributed by atoms with Crippen LogP contribution >= 0.6 is 0 Å². The van der Waals surface area contributed by atoms with E-state index in [-0.39, 0.29) is 0 Å². The highest BCUT2D eigenvalue weighted by Gasteiger charge is 2.17. The molecule has 0 spiro atoms. The van der Waals surface area contributed by atoms with E-state index in [0.29, 0.717) is 12.5 Å². The van der Waals surface area contributed by atoms with Crippen LogP contribution in [0.3, 0.4) is 0 Å². The molecule has 2 aromatic rings.